The molecule has 0 aromatic heterocycles. The first-order chi connectivity index (χ1) is 13.1. The zero-order valence-electron chi connectivity index (χ0n) is 15.2. The second kappa shape index (κ2) is 11.2. The van der Waals surface area contributed by atoms with Gasteiger partial charge in [-0.3, -0.25) is 14.4 Å². The highest BCUT2D eigenvalue weighted by atomic mass is 19.4. The molecule has 0 fully saturated rings. The highest BCUT2D eigenvalue weighted by Crippen LogP contribution is 2.22. The monoisotopic (exact) mass is 403 g/mol. The number of nitrogens with two attached hydrogens (primary N) is 1. The van der Waals surface area contributed by atoms with Gasteiger partial charge in [0.1, 0.15) is 11.8 Å². The number of unbranched alkanes of at least 4 members (excludes halogenated alkanes) is 1. The minimum atomic E-state index is -4.27. The van der Waals surface area contributed by atoms with Crippen LogP contribution in [0.25, 0.3) is 0 Å². The number of carbonyl (C=O) groups excluding carboxylic acids is 3. The Kier molecular flexibility index (Phi) is 9.26. The highest BCUT2D eigenvalue weighted by Gasteiger charge is 2.26. The summed E-state index contributed by atoms with van der Waals surface area (Å²) in [6, 6.07) is 5.21. The van der Waals surface area contributed by atoms with Crippen molar-refractivity contribution in [3.8, 4) is 5.75 Å². The number of hydrogen-bond donors (Lipinski definition) is 4. The molecule has 0 aliphatic heterocycles. The van der Waals surface area contributed by atoms with Gasteiger partial charge in [-0.1, -0.05) is 12.1 Å². The summed E-state index contributed by atoms with van der Waals surface area (Å²) in [6.45, 7) is 0.278. The molecule has 0 bridgehead atoms. The Hall–Kier alpha value is -2.78. The van der Waals surface area contributed by atoms with Crippen LogP contribution >= 0.6 is 0 Å². The summed E-state index contributed by atoms with van der Waals surface area (Å²) in [5, 5.41) is 14.1. The van der Waals surface area contributed by atoms with Crippen LogP contribution in [0, 0.1) is 0 Å². The van der Waals surface area contributed by atoms with Crippen molar-refractivity contribution in [2.24, 2.45) is 5.73 Å². The number of aromatic hydroxyl groups is 1. The van der Waals surface area contributed by atoms with Gasteiger partial charge in [0, 0.05) is 19.4 Å². The number of rotatable bonds is 11. The van der Waals surface area contributed by atoms with Gasteiger partial charge in [-0.25, -0.2) is 0 Å². The van der Waals surface area contributed by atoms with E-state index in [1.165, 1.54) is 12.1 Å². The molecule has 0 aliphatic rings. The van der Waals surface area contributed by atoms with Gasteiger partial charge in [-0.05, 0) is 37.0 Å². The number of primary amides is 1. The molecule has 1 atom stereocenters. The molecular formula is C18H24F3N3O4. The largest absolute Gasteiger partial charge is 0.508 e. The van der Waals surface area contributed by atoms with Crippen molar-refractivity contribution in [3.05, 3.63) is 29.8 Å². The third-order valence-electron chi connectivity index (χ3n) is 3.85. The van der Waals surface area contributed by atoms with Crippen LogP contribution in [-0.4, -0.2) is 41.6 Å². The molecule has 10 heteroatoms. The van der Waals surface area contributed by atoms with Gasteiger partial charge in [0.25, 0.3) is 0 Å². The Morgan fingerprint density at radius 1 is 1.07 bits per heavy atom. The minimum Gasteiger partial charge on any atom is -0.508 e. The Balaban J connectivity index is 2.33. The minimum absolute atomic E-state index is 0.00957. The number of amides is 3. The normalized spacial score (nSPS) is 12.2. The van der Waals surface area contributed by atoms with Gasteiger partial charge in [0.05, 0.1) is 6.42 Å². The van der Waals surface area contributed by atoms with Gasteiger partial charge in [0.2, 0.25) is 17.7 Å². The molecule has 0 saturated heterocycles. The summed E-state index contributed by atoms with van der Waals surface area (Å²) in [5.74, 6) is -1.91. The van der Waals surface area contributed by atoms with E-state index in [-0.39, 0.29) is 38.0 Å². The first-order valence-electron chi connectivity index (χ1n) is 8.77. The van der Waals surface area contributed by atoms with Crippen LogP contribution in [0.15, 0.2) is 24.3 Å². The highest BCUT2D eigenvalue weighted by molar-refractivity contribution is 5.91. The lowest BCUT2D eigenvalue weighted by molar-refractivity contribution is -0.137. The van der Waals surface area contributed by atoms with Crippen molar-refractivity contribution in [1.82, 2.24) is 10.6 Å². The van der Waals surface area contributed by atoms with Crippen molar-refractivity contribution in [2.75, 3.05) is 6.54 Å². The SMILES string of the molecule is NC(=O)C(CC(=O)NCCc1ccc(O)cc1)NC(=O)CCCCC(F)(F)F. The second-order valence-corrected chi connectivity index (χ2v) is 6.32. The fraction of sp³-hybridized carbons (Fsp3) is 0.500. The predicted octanol–water partition coefficient (Wildman–Crippen LogP) is 1.53. The summed E-state index contributed by atoms with van der Waals surface area (Å²) in [6.07, 6.45) is -5.50. The average Bonchev–Trinajstić information content (AvgIpc) is 2.59. The van der Waals surface area contributed by atoms with Crippen LogP contribution in [-0.2, 0) is 20.8 Å². The standard InChI is InChI=1S/C18H24F3N3O4/c19-18(20,21)9-2-1-3-15(26)24-14(17(22)28)11-16(27)23-10-8-12-4-6-13(25)7-5-12/h4-7,14,25H,1-3,8-11H2,(H2,22,28)(H,23,27)(H,24,26). The van der Waals surface area contributed by atoms with E-state index in [9.17, 15) is 32.7 Å². The van der Waals surface area contributed by atoms with Gasteiger partial charge < -0.3 is 21.5 Å². The molecule has 1 rings (SSSR count). The number of nitrogens with one attached hydrogen (secondary N) is 2. The topological polar surface area (TPSA) is 122 Å². The smallest absolute Gasteiger partial charge is 0.389 e. The van der Waals surface area contributed by atoms with E-state index in [2.05, 4.69) is 10.6 Å². The van der Waals surface area contributed by atoms with E-state index in [0.717, 1.165) is 5.56 Å². The number of phenols is 1. The maximum absolute atomic E-state index is 12.1. The average molecular weight is 403 g/mol. The molecule has 1 aromatic rings. The summed E-state index contributed by atoms with van der Waals surface area (Å²) < 4.78 is 36.2. The van der Waals surface area contributed by atoms with Crippen molar-refractivity contribution in [2.45, 2.75) is 50.7 Å². The van der Waals surface area contributed by atoms with Gasteiger partial charge >= 0.3 is 6.18 Å². The van der Waals surface area contributed by atoms with Crippen LogP contribution in [0.4, 0.5) is 13.2 Å². The van der Waals surface area contributed by atoms with Crippen molar-refractivity contribution in [3.63, 3.8) is 0 Å². The van der Waals surface area contributed by atoms with Crippen LogP contribution in [0.3, 0.4) is 0 Å². The molecule has 0 spiro atoms. The molecule has 5 N–H and O–H groups in total. The van der Waals surface area contributed by atoms with E-state index in [0.29, 0.717) is 6.42 Å². The molecule has 0 radical (unpaired) electrons. The lowest BCUT2D eigenvalue weighted by atomic mass is 10.1. The zero-order chi connectivity index (χ0) is 21.2. The molecule has 1 aromatic carbocycles. The quantitative estimate of drug-likeness (QED) is 0.419. The number of halogens is 3. The van der Waals surface area contributed by atoms with E-state index < -0.39 is 36.4 Å². The Morgan fingerprint density at radius 3 is 2.29 bits per heavy atom. The van der Waals surface area contributed by atoms with E-state index in [1.54, 1.807) is 12.1 Å². The second-order valence-electron chi connectivity index (χ2n) is 6.32. The van der Waals surface area contributed by atoms with E-state index in [1.807, 2.05) is 0 Å². The zero-order valence-corrected chi connectivity index (χ0v) is 15.2. The Labute approximate surface area is 160 Å². The van der Waals surface area contributed by atoms with Crippen molar-refractivity contribution >= 4 is 17.7 Å². The van der Waals surface area contributed by atoms with E-state index in [4.69, 9.17) is 5.73 Å². The lowest BCUT2D eigenvalue weighted by Gasteiger charge is -2.15. The third kappa shape index (κ3) is 10.4. The van der Waals surface area contributed by atoms with Gasteiger partial charge in [-0.2, -0.15) is 13.2 Å². The molecule has 0 heterocycles. The summed E-state index contributed by atoms with van der Waals surface area (Å²) in [7, 11) is 0. The molecule has 0 saturated carbocycles. The Bertz CT molecular complexity index is 663. The fourth-order valence-electron chi connectivity index (χ4n) is 2.37. The third-order valence-corrected chi connectivity index (χ3v) is 3.85. The Morgan fingerprint density at radius 2 is 1.71 bits per heavy atom. The van der Waals surface area contributed by atoms with Crippen LogP contribution in [0.2, 0.25) is 0 Å². The number of benzene rings is 1. The molecule has 3 amide bonds. The number of phenolic OH excluding ortho intramolecular Hbond substituents is 1. The maximum atomic E-state index is 12.1. The van der Waals surface area contributed by atoms with Crippen LogP contribution in [0.1, 0.15) is 37.7 Å². The first-order valence-corrected chi connectivity index (χ1v) is 8.77. The first kappa shape index (κ1) is 23.3. The van der Waals surface area contributed by atoms with Crippen LogP contribution in [0.5, 0.6) is 5.75 Å². The maximum Gasteiger partial charge on any atom is 0.389 e. The molecule has 28 heavy (non-hydrogen) atoms. The molecule has 156 valence electrons. The molecule has 1 unspecified atom stereocenters. The van der Waals surface area contributed by atoms with Gasteiger partial charge in [-0.15, -0.1) is 0 Å². The number of hydrogen-bond acceptors (Lipinski definition) is 4. The fourth-order valence-corrected chi connectivity index (χ4v) is 2.37. The predicted molar refractivity (Wildman–Crippen MR) is 95.1 cm³/mol. The van der Waals surface area contributed by atoms with Crippen molar-refractivity contribution < 1.29 is 32.7 Å². The summed E-state index contributed by atoms with van der Waals surface area (Å²) >= 11 is 0. The summed E-state index contributed by atoms with van der Waals surface area (Å²) in [5.41, 5.74) is 6.06. The number of carbonyl (C=O) groups is 3. The van der Waals surface area contributed by atoms with Crippen molar-refractivity contribution in [1.29, 1.82) is 0 Å². The molecule has 7 nitrogen and oxygen atoms in total. The molecule has 0 aliphatic carbocycles. The van der Waals surface area contributed by atoms with Crippen LogP contribution < -0.4 is 16.4 Å². The van der Waals surface area contributed by atoms with E-state index >= 15 is 0 Å². The number of alkyl halides is 3. The molecular weight excluding hydrogens is 379 g/mol. The van der Waals surface area contributed by atoms with Gasteiger partial charge in [0.15, 0.2) is 0 Å². The lowest BCUT2D eigenvalue weighted by Crippen LogP contribution is -2.47. The summed E-state index contributed by atoms with van der Waals surface area (Å²) in [4.78, 5) is 35.1.